The van der Waals surface area contributed by atoms with Gasteiger partial charge in [-0.2, -0.15) is 0 Å². The molecule has 0 aromatic carbocycles. The van der Waals surface area contributed by atoms with Crippen LogP contribution in [0, 0.1) is 0 Å². The van der Waals surface area contributed by atoms with Crippen molar-refractivity contribution in [2.75, 3.05) is 18.6 Å². The van der Waals surface area contributed by atoms with E-state index >= 15 is 0 Å². The quantitative estimate of drug-likeness (QED) is 0.739. The third-order valence-corrected chi connectivity index (χ3v) is 3.37. The Labute approximate surface area is 119 Å². The zero-order chi connectivity index (χ0) is 14.5. The maximum atomic E-state index is 10.6. The first-order valence-corrected chi connectivity index (χ1v) is 6.61. The smallest absolute Gasteiger partial charge is 0.313 e. The van der Waals surface area contributed by atoms with Crippen LogP contribution in [0.5, 0.6) is 5.88 Å². The van der Waals surface area contributed by atoms with Gasteiger partial charge in [-0.05, 0) is 5.56 Å². The minimum atomic E-state index is -0.922. The molecule has 0 aliphatic carbocycles. The van der Waals surface area contributed by atoms with Crippen molar-refractivity contribution in [2.24, 2.45) is 0 Å². The van der Waals surface area contributed by atoms with Gasteiger partial charge in [-0.3, -0.25) is 9.36 Å². The molecule has 0 radical (unpaired) electrons. The van der Waals surface area contributed by atoms with Crippen LogP contribution in [0.4, 0.5) is 5.95 Å². The van der Waals surface area contributed by atoms with Crippen molar-refractivity contribution in [1.29, 1.82) is 0 Å². The molecule has 0 atom stereocenters. The number of nitrogens with zero attached hydrogens (tertiary/aromatic N) is 4. The van der Waals surface area contributed by atoms with E-state index in [0.29, 0.717) is 17.6 Å². The molecule has 0 bridgehead atoms. The Morgan fingerprint density at radius 3 is 2.90 bits per heavy atom. The van der Waals surface area contributed by atoms with E-state index in [1.54, 1.807) is 23.9 Å². The van der Waals surface area contributed by atoms with E-state index in [2.05, 4.69) is 15.2 Å². The van der Waals surface area contributed by atoms with Crippen LogP contribution in [0.3, 0.4) is 0 Å². The van der Waals surface area contributed by atoms with Crippen LogP contribution in [0.25, 0.3) is 0 Å². The third-order valence-electron chi connectivity index (χ3n) is 2.42. The van der Waals surface area contributed by atoms with Crippen molar-refractivity contribution in [3.63, 3.8) is 0 Å². The molecule has 0 fully saturated rings. The van der Waals surface area contributed by atoms with Crippen LogP contribution in [0.1, 0.15) is 5.56 Å². The molecule has 8 nitrogen and oxygen atoms in total. The number of nitrogen functional groups attached to an aromatic ring is 1. The summed E-state index contributed by atoms with van der Waals surface area (Å²) in [6.45, 7) is 0.414. The molecule has 2 aromatic rings. The minimum Gasteiger partial charge on any atom is -0.481 e. The maximum Gasteiger partial charge on any atom is 0.313 e. The van der Waals surface area contributed by atoms with Gasteiger partial charge in [0.2, 0.25) is 11.8 Å². The number of ether oxygens (including phenoxy) is 1. The zero-order valence-electron chi connectivity index (χ0n) is 10.7. The molecule has 106 valence electrons. The molecule has 0 amide bonds. The van der Waals surface area contributed by atoms with E-state index in [4.69, 9.17) is 15.6 Å². The van der Waals surface area contributed by atoms with E-state index < -0.39 is 5.97 Å². The highest BCUT2D eigenvalue weighted by molar-refractivity contribution is 7.99. The van der Waals surface area contributed by atoms with Gasteiger partial charge in [-0.25, -0.2) is 4.98 Å². The predicted molar refractivity (Wildman–Crippen MR) is 72.7 cm³/mol. The van der Waals surface area contributed by atoms with E-state index in [-0.39, 0.29) is 11.7 Å². The van der Waals surface area contributed by atoms with Crippen LogP contribution in [0.2, 0.25) is 0 Å². The zero-order valence-corrected chi connectivity index (χ0v) is 11.5. The van der Waals surface area contributed by atoms with Gasteiger partial charge in [0.15, 0.2) is 5.16 Å². The van der Waals surface area contributed by atoms with Crippen LogP contribution in [-0.2, 0) is 11.3 Å². The molecule has 9 heteroatoms. The number of hydrogen-bond acceptors (Lipinski definition) is 7. The average molecular weight is 295 g/mol. The Morgan fingerprint density at radius 1 is 1.50 bits per heavy atom. The fourth-order valence-electron chi connectivity index (χ4n) is 1.49. The number of pyridine rings is 1. The van der Waals surface area contributed by atoms with Gasteiger partial charge in [-0.1, -0.05) is 17.8 Å². The normalized spacial score (nSPS) is 10.4. The highest BCUT2D eigenvalue weighted by Crippen LogP contribution is 2.19. The van der Waals surface area contributed by atoms with Crippen molar-refractivity contribution in [3.8, 4) is 5.88 Å². The SMILES string of the molecule is COc1ccc(Cn2c(N)nnc2SCC(=O)O)cn1. The Balaban J connectivity index is 2.14. The van der Waals surface area contributed by atoms with Crippen LogP contribution >= 0.6 is 11.8 Å². The van der Waals surface area contributed by atoms with Gasteiger partial charge < -0.3 is 15.6 Å². The van der Waals surface area contributed by atoms with Crippen molar-refractivity contribution >= 4 is 23.7 Å². The summed E-state index contributed by atoms with van der Waals surface area (Å²) in [4.78, 5) is 14.7. The van der Waals surface area contributed by atoms with Gasteiger partial charge in [0.05, 0.1) is 19.4 Å². The van der Waals surface area contributed by atoms with Crippen LogP contribution < -0.4 is 10.5 Å². The number of thioether (sulfide) groups is 1. The molecule has 0 saturated carbocycles. The van der Waals surface area contributed by atoms with Gasteiger partial charge in [0.1, 0.15) is 0 Å². The fourth-order valence-corrected chi connectivity index (χ4v) is 2.15. The third kappa shape index (κ3) is 3.38. The van der Waals surface area contributed by atoms with Gasteiger partial charge in [0, 0.05) is 12.3 Å². The van der Waals surface area contributed by atoms with Gasteiger partial charge >= 0.3 is 5.97 Å². The summed E-state index contributed by atoms with van der Waals surface area (Å²) in [5.74, 6) is -0.271. The predicted octanol–water partition coefficient (Wildman–Crippen LogP) is 0.489. The molecule has 0 aliphatic heterocycles. The first-order valence-electron chi connectivity index (χ1n) is 5.62. The first kappa shape index (κ1) is 14.1. The topological polar surface area (TPSA) is 116 Å². The number of aromatic nitrogens is 4. The lowest BCUT2D eigenvalue weighted by molar-refractivity contribution is -0.133. The number of carboxylic acid groups (broad SMARTS) is 1. The van der Waals surface area contributed by atoms with E-state index in [0.717, 1.165) is 17.3 Å². The van der Waals surface area contributed by atoms with Crippen molar-refractivity contribution < 1.29 is 14.6 Å². The second-order valence-corrected chi connectivity index (χ2v) is 4.76. The lowest BCUT2D eigenvalue weighted by Crippen LogP contribution is -2.07. The summed E-state index contributed by atoms with van der Waals surface area (Å²) < 4.78 is 6.62. The van der Waals surface area contributed by atoms with Gasteiger partial charge in [0.25, 0.3) is 0 Å². The number of aliphatic carboxylic acids is 1. The van der Waals surface area contributed by atoms with Crippen molar-refractivity contribution in [3.05, 3.63) is 23.9 Å². The molecule has 0 saturated heterocycles. The molecule has 0 aliphatic rings. The highest BCUT2D eigenvalue weighted by atomic mass is 32.2. The number of hydrogen-bond donors (Lipinski definition) is 2. The first-order chi connectivity index (χ1) is 9.60. The molecule has 20 heavy (non-hydrogen) atoms. The monoisotopic (exact) mass is 295 g/mol. The Hall–Kier alpha value is -2.29. The molecule has 2 rings (SSSR count). The Morgan fingerprint density at radius 2 is 2.30 bits per heavy atom. The van der Waals surface area contributed by atoms with E-state index in [1.165, 1.54) is 0 Å². The fraction of sp³-hybridized carbons (Fsp3) is 0.273. The number of carbonyl (C=O) groups is 1. The molecule has 2 aromatic heterocycles. The molecular formula is C11H13N5O3S. The molecule has 3 N–H and O–H groups in total. The van der Waals surface area contributed by atoms with Crippen molar-refractivity contribution in [2.45, 2.75) is 11.7 Å². The number of anilines is 1. The van der Waals surface area contributed by atoms with Crippen LogP contribution in [0.15, 0.2) is 23.5 Å². The highest BCUT2D eigenvalue weighted by Gasteiger charge is 2.12. The summed E-state index contributed by atoms with van der Waals surface area (Å²) in [6, 6.07) is 3.58. The lowest BCUT2D eigenvalue weighted by Gasteiger charge is -2.07. The Bertz CT molecular complexity index is 599. The molecular weight excluding hydrogens is 282 g/mol. The molecule has 0 unspecified atom stereocenters. The summed E-state index contributed by atoms with van der Waals surface area (Å²) in [7, 11) is 1.54. The summed E-state index contributed by atoms with van der Waals surface area (Å²) >= 11 is 1.07. The number of rotatable bonds is 6. The van der Waals surface area contributed by atoms with Crippen molar-refractivity contribution in [1.82, 2.24) is 19.7 Å². The summed E-state index contributed by atoms with van der Waals surface area (Å²) in [5.41, 5.74) is 6.62. The number of carboxylic acids is 1. The Kier molecular flexibility index (Phi) is 4.41. The average Bonchev–Trinajstić information content (AvgIpc) is 2.78. The van der Waals surface area contributed by atoms with E-state index in [9.17, 15) is 4.79 Å². The second kappa shape index (κ2) is 6.24. The minimum absolute atomic E-state index is 0.0982. The van der Waals surface area contributed by atoms with Crippen LogP contribution in [-0.4, -0.2) is 43.7 Å². The lowest BCUT2D eigenvalue weighted by atomic mass is 10.3. The van der Waals surface area contributed by atoms with E-state index in [1.807, 2.05) is 6.07 Å². The summed E-state index contributed by atoms with van der Waals surface area (Å²) in [6.07, 6.45) is 1.66. The summed E-state index contributed by atoms with van der Waals surface area (Å²) in [5, 5.41) is 16.8. The second-order valence-electron chi connectivity index (χ2n) is 3.82. The standard InChI is InChI=1S/C11H13N5O3S/c1-19-8-3-2-7(4-13-8)5-16-10(12)14-15-11(16)20-6-9(17)18/h2-4H,5-6H2,1H3,(H2,12,14)(H,17,18). The number of nitrogens with two attached hydrogens (primary N) is 1. The molecule has 0 spiro atoms. The number of methoxy groups -OCH3 is 1. The van der Waals surface area contributed by atoms with Gasteiger partial charge in [-0.15, -0.1) is 10.2 Å². The maximum absolute atomic E-state index is 10.6. The largest absolute Gasteiger partial charge is 0.481 e. The molecule has 2 heterocycles.